The quantitative estimate of drug-likeness (QED) is 0.836. The van der Waals surface area contributed by atoms with Gasteiger partial charge in [-0.3, -0.25) is 4.79 Å². The highest BCUT2D eigenvalue weighted by molar-refractivity contribution is 5.79. The monoisotopic (exact) mass is 279 g/mol. The van der Waals surface area contributed by atoms with Gasteiger partial charge >= 0.3 is 0 Å². The molecule has 0 radical (unpaired) electrons. The van der Waals surface area contributed by atoms with Crippen molar-refractivity contribution in [1.29, 1.82) is 0 Å². The van der Waals surface area contributed by atoms with Crippen LogP contribution in [-0.4, -0.2) is 17.4 Å². The summed E-state index contributed by atoms with van der Waals surface area (Å²) in [5, 5.41) is 0. The number of carbonyl (C=O) groups excluding carboxylic acids is 1. The summed E-state index contributed by atoms with van der Waals surface area (Å²) < 4.78 is 0. The van der Waals surface area contributed by atoms with Crippen LogP contribution >= 0.6 is 0 Å². The van der Waals surface area contributed by atoms with Crippen molar-refractivity contribution in [2.75, 3.05) is 6.54 Å². The van der Waals surface area contributed by atoms with E-state index in [4.69, 9.17) is 0 Å². The summed E-state index contributed by atoms with van der Waals surface area (Å²) in [6, 6.07) is 16.8. The van der Waals surface area contributed by atoms with E-state index in [0.717, 1.165) is 13.1 Å². The first-order valence-electron chi connectivity index (χ1n) is 7.52. The Bertz CT molecular complexity index is 648. The van der Waals surface area contributed by atoms with Gasteiger partial charge in [0.05, 0.1) is 0 Å². The van der Waals surface area contributed by atoms with Crippen molar-refractivity contribution in [3.63, 3.8) is 0 Å². The van der Waals surface area contributed by atoms with Gasteiger partial charge in [0.1, 0.15) is 0 Å². The van der Waals surface area contributed by atoms with Gasteiger partial charge in [0.25, 0.3) is 0 Å². The minimum atomic E-state index is 0.266. The smallest absolute Gasteiger partial charge is 0.223 e. The maximum Gasteiger partial charge on any atom is 0.223 e. The molecule has 2 aromatic rings. The number of amides is 1. The number of hydrogen-bond donors (Lipinski definition) is 0. The Hall–Kier alpha value is -2.09. The molecule has 1 fully saturated rings. The van der Waals surface area contributed by atoms with Gasteiger partial charge in [-0.25, -0.2) is 0 Å². The van der Waals surface area contributed by atoms with Crippen molar-refractivity contribution in [2.24, 2.45) is 0 Å². The predicted molar refractivity (Wildman–Crippen MR) is 85.1 cm³/mol. The normalized spacial score (nSPS) is 18.3. The van der Waals surface area contributed by atoms with Gasteiger partial charge in [-0.2, -0.15) is 0 Å². The number of hydrogen-bond acceptors (Lipinski definition) is 1. The molecule has 2 heteroatoms. The lowest BCUT2D eigenvalue weighted by Crippen LogP contribution is -2.24. The van der Waals surface area contributed by atoms with E-state index in [1.54, 1.807) is 0 Å². The predicted octanol–water partition coefficient (Wildman–Crippen LogP) is 3.82. The summed E-state index contributed by atoms with van der Waals surface area (Å²) in [5.41, 5.74) is 5.11. The Morgan fingerprint density at radius 3 is 2.52 bits per heavy atom. The van der Waals surface area contributed by atoms with Crippen LogP contribution in [0.3, 0.4) is 0 Å². The Kier molecular flexibility index (Phi) is 3.78. The molecule has 0 N–H and O–H groups in total. The number of likely N-dealkylation sites (tertiary alicyclic amines) is 1. The van der Waals surface area contributed by atoms with Crippen LogP contribution in [0.4, 0.5) is 0 Å². The first kappa shape index (κ1) is 13.9. The standard InChI is InChI=1S/C19H21NO/c1-14-8-9-17(10-15(14)2)18-11-19(21)20(13-18)12-16-6-4-3-5-7-16/h3-10,18H,11-13H2,1-2H3. The van der Waals surface area contributed by atoms with Crippen molar-refractivity contribution in [3.8, 4) is 0 Å². The fraction of sp³-hybridized carbons (Fsp3) is 0.316. The molecule has 108 valence electrons. The molecule has 1 aliphatic heterocycles. The van der Waals surface area contributed by atoms with Gasteiger partial charge in [0.15, 0.2) is 0 Å². The summed E-state index contributed by atoms with van der Waals surface area (Å²) >= 11 is 0. The van der Waals surface area contributed by atoms with E-state index in [0.29, 0.717) is 12.3 Å². The zero-order chi connectivity index (χ0) is 14.8. The van der Waals surface area contributed by atoms with Crippen molar-refractivity contribution in [1.82, 2.24) is 4.90 Å². The van der Waals surface area contributed by atoms with Crippen molar-refractivity contribution >= 4 is 5.91 Å². The molecule has 21 heavy (non-hydrogen) atoms. The third kappa shape index (κ3) is 2.99. The van der Waals surface area contributed by atoms with Gasteiger partial charge in [-0.1, -0.05) is 48.5 Å². The maximum absolute atomic E-state index is 12.2. The van der Waals surface area contributed by atoms with E-state index >= 15 is 0 Å². The summed E-state index contributed by atoms with van der Waals surface area (Å²) in [7, 11) is 0. The van der Waals surface area contributed by atoms with Crippen molar-refractivity contribution < 1.29 is 4.79 Å². The summed E-state index contributed by atoms with van der Waals surface area (Å²) in [4.78, 5) is 14.2. The zero-order valence-electron chi connectivity index (χ0n) is 12.7. The molecule has 0 aliphatic carbocycles. The van der Waals surface area contributed by atoms with Gasteiger partial charge in [-0.05, 0) is 36.1 Å². The first-order valence-corrected chi connectivity index (χ1v) is 7.52. The average Bonchev–Trinajstić information content (AvgIpc) is 2.84. The topological polar surface area (TPSA) is 20.3 Å². The van der Waals surface area contributed by atoms with Gasteiger partial charge < -0.3 is 4.90 Å². The third-order valence-corrected chi connectivity index (χ3v) is 4.43. The largest absolute Gasteiger partial charge is 0.338 e. The molecule has 1 heterocycles. The minimum Gasteiger partial charge on any atom is -0.338 e. The molecule has 1 saturated heterocycles. The molecule has 2 nitrogen and oxygen atoms in total. The Morgan fingerprint density at radius 2 is 1.81 bits per heavy atom. The third-order valence-electron chi connectivity index (χ3n) is 4.43. The number of benzene rings is 2. The van der Waals surface area contributed by atoms with Crippen LogP contribution < -0.4 is 0 Å². The molecule has 2 aromatic carbocycles. The second kappa shape index (κ2) is 5.72. The Morgan fingerprint density at radius 1 is 1.05 bits per heavy atom. The molecular weight excluding hydrogens is 258 g/mol. The van der Waals surface area contributed by atoms with E-state index in [9.17, 15) is 4.79 Å². The SMILES string of the molecule is Cc1ccc(C2CC(=O)N(Cc3ccccc3)C2)cc1C. The molecule has 1 amide bonds. The number of aryl methyl sites for hydroxylation is 2. The second-order valence-electron chi connectivity index (χ2n) is 6.00. The van der Waals surface area contributed by atoms with Crippen LogP contribution in [0.25, 0.3) is 0 Å². The fourth-order valence-electron chi connectivity index (χ4n) is 2.97. The second-order valence-corrected chi connectivity index (χ2v) is 6.00. The summed E-state index contributed by atoms with van der Waals surface area (Å²) in [6.07, 6.45) is 0.634. The lowest BCUT2D eigenvalue weighted by atomic mass is 9.95. The van der Waals surface area contributed by atoms with Crippen LogP contribution in [0, 0.1) is 13.8 Å². The molecule has 0 bridgehead atoms. The van der Waals surface area contributed by atoms with E-state index in [1.807, 2.05) is 23.1 Å². The van der Waals surface area contributed by atoms with Crippen LogP contribution in [-0.2, 0) is 11.3 Å². The average molecular weight is 279 g/mol. The number of nitrogens with zero attached hydrogens (tertiary/aromatic N) is 1. The van der Waals surface area contributed by atoms with Gasteiger partial charge in [0.2, 0.25) is 5.91 Å². The summed E-state index contributed by atoms with van der Waals surface area (Å²) in [5.74, 6) is 0.600. The molecule has 1 unspecified atom stereocenters. The number of carbonyl (C=O) groups is 1. The zero-order valence-corrected chi connectivity index (χ0v) is 12.7. The Balaban J connectivity index is 1.73. The van der Waals surface area contributed by atoms with Crippen molar-refractivity contribution in [3.05, 3.63) is 70.8 Å². The lowest BCUT2D eigenvalue weighted by Gasteiger charge is -2.17. The van der Waals surface area contributed by atoms with Gasteiger partial charge in [-0.15, -0.1) is 0 Å². The van der Waals surface area contributed by atoms with Crippen LogP contribution in [0.5, 0.6) is 0 Å². The van der Waals surface area contributed by atoms with E-state index < -0.39 is 0 Å². The molecule has 0 saturated carbocycles. The number of rotatable bonds is 3. The molecule has 3 rings (SSSR count). The molecule has 0 spiro atoms. The van der Waals surface area contributed by atoms with Crippen molar-refractivity contribution in [2.45, 2.75) is 32.7 Å². The molecular formula is C19H21NO. The molecule has 1 atom stereocenters. The van der Waals surface area contributed by atoms with E-state index in [-0.39, 0.29) is 5.91 Å². The van der Waals surface area contributed by atoms with E-state index in [1.165, 1.54) is 22.3 Å². The summed E-state index contributed by atoms with van der Waals surface area (Å²) in [6.45, 7) is 5.81. The highest BCUT2D eigenvalue weighted by atomic mass is 16.2. The van der Waals surface area contributed by atoms with E-state index in [2.05, 4.69) is 44.2 Å². The molecule has 1 aliphatic rings. The highest BCUT2D eigenvalue weighted by Crippen LogP contribution is 2.30. The first-order chi connectivity index (χ1) is 10.1. The lowest BCUT2D eigenvalue weighted by molar-refractivity contribution is -0.128. The maximum atomic E-state index is 12.2. The van der Waals surface area contributed by atoms with Crippen LogP contribution in [0.1, 0.15) is 34.6 Å². The van der Waals surface area contributed by atoms with Crippen LogP contribution in [0.2, 0.25) is 0 Å². The van der Waals surface area contributed by atoms with Gasteiger partial charge in [0, 0.05) is 25.4 Å². The van der Waals surface area contributed by atoms with Crippen LogP contribution in [0.15, 0.2) is 48.5 Å². The Labute approximate surface area is 126 Å². The fourth-order valence-corrected chi connectivity index (χ4v) is 2.97. The molecule has 0 aromatic heterocycles. The highest BCUT2D eigenvalue weighted by Gasteiger charge is 2.30. The minimum absolute atomic E-state index is 0.266.